The van der Waals surface area contributed by atoms with Crippen LogP contribution in [0.1, 0.15) is 46.0 Å². The number of nitrogens with zero attached hydrogens (tertiary/aromatic N) is 2. The number of fused-ring (bicyclic) bond motifs is 1. The Morgan fingerprint density at radius 1 is 1.25 bits per heavy atom. The highest BCUT2D eigenvalue weighted by molar-refractivity contribution is 5.83. The van der Waals surface area contributed by atoms with E-state index in [0.29, 0.717) is 24.4 Å². The van der Waals surface area contributed by atoms with Crippen LogP contribution in [-0.4, -0.2) is 55.0 Å². The number of likely N-dealkylation sites (tertiary alicyclic amines) is 2. The van der Waals surface area contributed by atoms with E-state index in [1.807, 2.05) is 0 Å². The Morgan fingerprint density at radius 3 is 2.55 bits per heavy atom. The molecule has 0 saturated carbocycles. The van der Waals surface area contributed by atoms with Crippen LogP contribution in [-0.2, 0) is 4.79 Å². The van der Waals surface area contributed by atoms with Crippen LogP contribution in [0.4, 0.5) is 0 Å². The van der Waals surface area contributed by atoms with Gasteiger partial charge >= 0.3 is 0 Å². The predicted octanol–water partition coefficient (Wildman–Crippen LogP) is 1.69. The monoisotopic (exact) mass is 281 g/mol. The van der Waals surface area contributed by atoms with Gasteiger partial charge < -0.3 is 15.5 Å². The maximum absolute atomic E-state index is 12.9. The lowest BCUT2D eigenvalue weighted by Crippen LogP contribution is -2.57. The molecule has 2 fully saturated rings. The number of amides is 1. The summed E-state index contributed by atoms with van der Waals surface area (Å²) < 4.78 is 0. The molecule has 0 aliphatic carbocycles. The minimum Gasteiger partial charge on any atom is -0.342 e. The predicted molar refractivity (Wildman–Crippen MR) is 82.4 cm³/mol. The highest BCUT2D eigenvalue weighted by Crippen LogP contribution is 2.34. The molecule has 2 saturated heterocycles. The van der Waals surface area contributed by atoms with E-state index in [0.717, 1.165) is 32.4 Å². The third-order valence-corrected chi connectivity index (χ3v) is 5.83. The van der Waals surface area contributed by atoms with Crippen LogP contribution in [0.25, 0.3) is 0 Å². The van der Waals surface area contributed by atoms with E-state index >= 15 is 0 Å². The van der Waals surface area contributed by atoms with Crippen molar-refractivity contribution in [1.29, 1.82) is 0 Å². The molecule has 20 heavy (non-hydrogen) atoms. The highest BCUT2D eigenvalue weighted by atomic mass is 16.2. The van der Waals surface area contributed by atoms with Gasteiger partial charge in [0.2, 0.25) is 5.91 Å². The maximum atomic E-state index is 12.9. The van der Waals surface area contributed by atoms with Gasteiger partial charge in [-0.1, -0.05) is 13.8 Å². The zero-order chi connectivity index (χ0) is 14.8. The second-order valence-electron chi connectivity index (χ2n) is 6.68. The molecule has 2 atom stereocenters. The average Bonchev–Trinajstić information content (AvgIpc) is 2.49. The fraction of sp³-hybridized carbons (Fsp3) is 0.938. The van der Waals surface area contributed by atoms with Gasteiger partial charge in [-0.15, -0.1) is 0 Å². The van der Waals surface area contributed by atoms with E-state index < -0.39 is 0 Å². The molecular weight excluding hydrogens is 250 g/mol. The van der Waals surface area contributed by atoms with Crippen molar-refractivity contribution < 1.29 is 4.79 Å². The number of piperidine rings is 2. The molecule has 0 aromatic carbocycles. The third kappa shape index (κ3) is 2.73. The van der Waals surface area contributed by atoms with E-state index in [-0.39, 0.29) is 5.41 Å². The van der Waals surface area contributed by atoms with Crippen molar-refractivity contribution >= 4 is 5.91 Å². The Balaban J connectivity index is 2.06. The molecule has 2 aliphatic rings. The zero-order valence-corrected chi connectivity index (χ0v) is 13.4. The normalized spacial score (nSPS) is 28.3. The van der Waals surface area contributed by atoms with E-state index in [4.69, 9.17) is 5.73 Å². The Morgan fingerprint density at radius 2 is 1.95 bits per heavy atom. The van der Waals surface area contributed by atoms with Gasteiger partial charge in [0, 0.05) is 25.7 Å². The van der Waals surface area contributed by atoms with Crippen LogP contribution in [0, 0.1) is 11.3 Å². The fourth-order valence-corrected chi connectivity index (χ4v) is 4.10. The van der Waals surface area contributed by atoms with Crippen LogP contribution < -0.4 is 5.73 Å². The first-order valence-corrected chi connectivity index (χ1v) is 8.27. The summed E-state index contributed by atoms with van der Waals surface area (Å²) in [4.78, 5) is 17.5. The Hall–Kier alpha value is -0.610. The second kappa shape index (κ2) is 6.44. The quantitative estimate of drug-likeness (QED) is 0.853. The summed E-state index contributed by atoms with van der Waals surface area (Å²) >= 11 is 0. The van der Waals surface area contributed by atoms with Crippen LogP contribution >= 0.6 is 0 Å². The topological polar surface area (TPSA) is 49.6 Å². The molecule has 1 amide bonds. The minimum absolute atomic E-state index is 0.302. The fourth-order valence-electron chi connectivity index (χ4n) is 4.10. The Bertz CT molecular complexity index is 332. The number of rotatable bonds is 4. The van der Waals surface area contributed by atoms with Crippen molar-refractivity contribution in [2.75, 3.05) is 33.2 Å². The van der Waals surface area contributed by atoms with Gasteiger partial charge in [0.1, 0.15) is 0 Å². The number of hydrogen-bond donors (Lipinski definition) is 1. The van der Waals surface area contributed by atoms with Crippen LogP contribution in [0.5, 0.6) is 0 Å². The summed E-state index contributed by atoms with van der Waals surface area (Å²) in [6.45, 7) is 7.72. The summed E-state index contributed by atoms with van der Waals surface area (Å²) in [6, 6.07) is 0.684. The molecule has 4 heteroatoms. The summed E-state index contributed by atoms with van der Waals surface area (Å²) in [6.07, 6.45) is 5.36. The van der Waals surface area contributed by atoms with Crippen molar-refractivity contribution in [3.8, 4) is 0 Å². The number of nitrogens with two attached hydrogens (primary N) is 1. The third-order valence-electron chi connectivity index (χ3n) is 5.83. The van der Waals surface area contributed by atoms with Crippen LogP contribution in [0.15, 0.2) is 0 Å². The van der Waals surface area contributed by atoms with E-state index in [9.17, 15) is 4.79 Å². The lowest BCUT2D eigenvalue weighted by atomic mass is 9.78. The summed E-state index contributed by atoms with van der Waals surface area (Å²) in [5, 5.41) is 0. The Labute approximate surface area is 123 Å². The molecule has 0 bridgehead atoms. The summed E-state index contributed by atoms with van der Waals surface area (Å²) in [5.74, 6) is 0.965. The van der Waals surface area contributed by atoms with Crippen molar-refractivity contribution in [3.05, 3.63) is 0 Å². The Kier molecular flexibility index (Phi) is 5.08. The van der Waals surface area contributed by atoms with E-state index in [1.54, 1.807) is 0 Å². The molecule has 0 aromatic heterocycles. The molecule has 0 spiro atoms. The second-order valence-corrected chi connectivity index (χ2v) is 6.68. The van der Waals surface area contributed by atoms with Crippen molar-refractivity contribution in [3.63, 3.8) is 0 Å². The summed E-state index contributed by atoms with van der Waals surface area (Å²) in [7, 11) is 2.23. The van der Waals surface area contributed by atoms with Crippen molar-refractivity contribution in [1.82, 2.24) is 9.80 Å². The van der Waals surface area contributed by atoms with Gasteiger partial charge in [-0.2, -0.15) is 0 Å². The smallest absolute Gasteiger partial charge is 0.230 e. The van der Waals surface area contributed by atoms with Crippen molar-refractivity contribution in [2.24, 2.45) is 17.1 Å². The first-order chi connectivity index (χ1) is 9.57. The molecule has 116 valence electrons. The zero-order valence-electron chi connectivity index (χ0n) is 13.4. The van der Waals surface area contributed by atoms with Crippen LogP contribution in [0.2, 0.25) is 0 Å². The molecule has 2 aliphatic heterocycles. The first-order valence-electron chi connectivity index (χ1n) is 8.27. The molecule has 2 heterocycles. The lowest BCUT2D eigenvalue weighted by Gasteiger charge is -2.47. The molecule has 2 unspecified atom stereocenters. The van der Waals surface area contributed by atoms with Crippen LogP contribution in [0.3, 0.4) is 0 Å². The maximum Gasteiger partial charge on any atom is 0.230 e. The van der Waals surface area contributed by atoms with Gasteiger partial charge in [0.05, 0.1) is 5.41 Å². The highest BCUT2D eigenvalue weighted by Gasteiger charge is 2.41. The lowest BCUT2D eigenvalue weighted by molar-refractivity contribution is -0.145. The van der Waals surface area contributed by atoms with Gasteiger partial charge in [-0.25, -0.2) is 0 Å². The van der Waals surface area contributed by atoms with Gasteiger partial charge in [-0.05, 0) is 51.6 Å². The molecule has 2 rings (SSSR count). The molecule has 0 aromatic rings. The SMILES string of the molecule is CCC(CC)(CN)C(=O)N1CCC2C(CCCN2C)C1. The van der Waals surface area contributed by atoms with Gasteiger partial charge in [-0.3, -0.25) is 4.79 Å². The largest absolute Gasteiger partial charge is 0.342 e. The number of hydrogen-bond acceptors (Lipinski definition) is 3. The minimum atomic E-state index is -0.326. The van der Waals surface area contributed by atoms with Gasteiger partial charge in [0.15, 0.2) is 0 Å². The number of carbonyl (C=O) groups excluding carboxylic acids is 1. The number of carbonyl (C=O) groups is 1. The first kappa shape index (κ1) is 15.8. The average molecular weight is 281 g/mol. The molecular formula is C16H31N3O. The standard InChI is InChI=1S/C16H31N3O/c1-4-16(5-2,12-17)15(20)19-10-8-14-13(11-19)7-6-9-18(14)3/h13-14H,4-12,17H2,1-3H3. The molecule has 2 N–H and O–H groups in total. The van der Waals surface area contributed by atoms with Gasteiger partial charge in [0.25, 0.3) is 0 Å². The molecule has 4 nitrogen and oxygen atoms in total. The summed E-state index contributed by atoms with van der Waals surface area (Å²) in [5.41, 5.74) is 5.61. The van der Waals surface area contributed by atoms with Crippen molar-refractivity contribution in [2.45, 2.75) is 52.0 Å². The molecule has 0 radical (unpaired) electrons. The van der Waals surface area contributed by atoms with E-state index in [1.165, 1.54) is 19.4 Å². The van der Waals surface area contributed by atoms with E-state index in [2.05, 4.69) is 30.7 Å².